The summed E-state index contributed by atoms with van der Waals surface area (Å²) in [6, 6.07) is 3.06. The van der Waals surface area contributed by atoms with Crippen molar-refractivity contribution in [3.63, 3.8) is 0 Å². The van der Waals surface area contributed by atoms with E-state index >= 15 is 0 Å². The number of nitrogens with two attached hydrogens (primary N) is 1. The Kier molecular flexibility index (Phi) is 4.54. The highest BCUT2D eigenvalue weighted by atomic mass is 16.4. The molecule has 0 aromatic carbocycles. The van der Waals surface area contributed by atoms with E-state index < -0.39 is 30.2 Å². The van der Waals surface area contributed by atoms with Crippen molar-refractivity contribution in [3.8, 4) is 6.07 Å². The van der Waals surface area contributed by atoms with Gasteiger partial charge < -0.3 is 16.2 Å². The van der Waals surface area contributed by atoms with Crippen molar-refractivity contribution in [3.05, 3.63) is 29.6 Å². The van der Waals surface area contributed by atoms with Crippen molar-refractivity contribution in [1.82, 2.24) is 10.3 Å². The summed E-state index contributed by atoms with van der Waals surface area (Å²) in [4.78, 5) is 36.9. The molecular formula is C11H10N4O4. The van der Waals surface area contributed by atoms with E-state index in [2.05, 4.69) is 10.3 Å². The molecular weight excluding hydrogens is 252 g/mol. The van der Waals surface area contributed by atoms with Crippen molar-refractivity contribution in [2.75, 3.05) is 0 Å². The van der Waals surface area contributed by atoms with Crippen LogP contribution in [0, 0.1) is 11.3 Å². The Hall–Kier alpha value is -2.95. The van der Waals surface area contributed by atoms with Crippen LogP contribution in [0.5, 0.6) is 0 Å². The summed E-state index contributed by atoms with van der Waals surface area (Å²) in [7, 11) is 0. The molecule has 1 atom stereocenters. The number of aliphatic carboxylic acids is 1. The van der Waals surface area contributed by atoms with Crippen LogP contribution in [0.25, 0.3) is 0 Å². The highest BCUT2D eigenvalue weighted by molar-refractivity contribution is 5.96. The Balaban J connectivity index is 2.78. The zero-order chi connectivity index (χ0) is 14.4. The SMILES string of the molecule is N#Cc1ccc(C(=O)N[C@H](CC(N)=O)C(=O)O)nc1. The first-order valence-electron chi connectivity index (χ1n) is 5.12. The number of pyridine rings is 1. The van der Waals surface area contributed by atoms with E-state index in [9.17, 15) is 14.4 Å². The quantitative estimate of drug-likeness (QED) is 0.621. The summed E-state index contributed by atoms with van der Waals surface area (Å²) in [5.41, 5.74) is 5.08. The lowest BCUT2D eigenvalue weighted by Crippen LogP contribution is -2.43. The molecule has 0 fully saturated rings. The number of hydrogen-bond donors (Lipinski definition) is 3. The van der Waals surface area contributed by atoms with E-state index in [1.165, 1.54) is 18.3 Å². The van der Waals surface area contributed by atoms with Crippen LogP contribution in [-0.4, -0.2) is 33.9 Å². The van der Waals surface area contributed by atoms with Gasteiger partial charge in [-0.1, -0.05) is 0 Å². The Morgan fingerprint density at radius 3 is 2.58 bits per heavy atom. The van der Waals surface area contributed by atoms with Gasteiger partial charge in [-0.25, -0.2) is 9.78 Å². The topological polar surface area (TPSA) is 146 Å². The van der Waals surface area contributed by atoms with Gasteiger partial charge in [-0.3, -0.25) is 9.59 Å². The molecule has 4 N–H and O–H groups in total. The lowest BCUT2D eigenvalue weighted by atomic mass is 10.2. The van der Waals surface area contributed by atoms with Crippen LogP contribution in [0.3, 0.4) is 0 Å². The predicted molar refractivity (Wildman–Crippen MR) is 61.7 cm³/mol. The maximum Gasteiger partial charge on any atom is 0.326 e. The van der Waals surface area contributed by atoms with Crippen molar-refractivity contribution in [1.29, 1.82) is 5.26 Å². The van der Waals surface area contributed by atoms with E-state index in [4.69, 9.17) is 16.1 Å². The third-order valence-corrected chi connectivity index (χ3v) is 2.13. The molecule has 0 radical (unpaired) electrons. The molecule has 1 aromatic heterocycles. The molecule has 8 heteroatoms. The summed E-state index contributed by atoms with van der Waals surface area (Å²) in [5.74, 6) is -2.99. The van der Waals surface area contributed by atoms with Crippen molar-refractivity contribution in [2.45, 2.75) is 12.5 Å². The smallest absolute Gasteiger partial charge is 0.326 e. The van der Waals surface area contributed by atoms with Crippen molar-refractivity contribution >= 4 is 17.8 Å². The van der Waals surface area contributed by atoms with Crippen LogP contribution >= 0.6 is 0 Å². The summed E-state index contributed by atoms with van der Waals surface area (Å²) in [6.45, 7) is 0. The van der Waals surface area contributed by atoms with E-state index in [-0.39, 0.29) is 11.3 Å². The number of nitrogens with one attached hydrogen (secondary N) is 1. The molecule has 1 heterocycles. The first kappa shape index (κ1) is 14.1. The number of carbonyl (C=O) groups is 3. The van der Waals surface area contributed by atoms with Gasteiger partial charge in [0.2, 0.25) is 5.91 Å². The minimum atomic E-state index is -1.41. The van der Waals surface area contributed by atoms with Crippen LogP contribution in [0.4, 0.5) is 0 Å². The molecule has 19 heavy (non-hydrogen) atoms. The molecule has 0 spiro atoms. The maximum absolute atomic E-state index is 11.7. The second kappa shape index (κ2) is 6.11. The van der Waals surface area contributed by atoms with Crippen LogP contribution in [-0.2, 0) is 9.59 Å². The first-order chi connectivity index (χ1) is 8.93. The van der Waals surface area contributed by atoms with Crippen LogP contribution in [0.15, 0.2) is 18.3 Å². The van der Waals surface area contributed by atoms with Gasteiger partial charge in [0.15, 0.2) is 0 Å². The van der Waals surface area contributed by atoms with Crippen LogP contribution < -0.4 is 11.1 Å². The number of aromatic nitrogens is 1. The van der Waals surface area contributed by atoms with Crippen molar-refractivity contribution < 1.29 is 19.5 Å². The van der Waals surface area contributed by atoms with Gasteiger partial charge in [0.1, 0.15) is 17.8 Å². The third kappa shape index (κ3) is 4.08. The average molecular weight is 262 g/mol. The summed E-state index contributed by atoms with van der Waals surface area (Å²) in [5, 5.41) is 19.5. The molecule has 0 unspecified atom stereocenters. The van der Waals surface area contributed by atoms with Crippen LogP contribution in [0.1, 0.15) is 22.5 Å². The highest BCUT2D eigenvalue weighted by Crippen LogP contribution is 2.00. The maximum atomic E-state index is 11.7. The fourth-order valence-corrected chi connectivity index (χ4v) is 1.23. The Morgan fingerprint density at radius 2 is 2.16 bits per heavy atom. The number of carbonyl (C=O) groups excluding carboxylic acids is 2. The van der Waals surface area contributed by atoms with Gasteiger partial charge in [0, 0.05) is 6.20 Å². The lowest BCUT2D eigenvalue weighted by molar-refractivity contribution is -0.140. The standard InChI is InChI=1S/C11H10N4O4/c12-4-6-1-2-7(14-5-6)10(17)15-8(11(18)19)3-9(13)16/h1-2,5,8H,3H2,(H2,13,16)(H,15,17)(H,18,19)/t8-/m1/s1. The molecule has 2 amide bonds. The number of hydrogen-bond acceptors (Lipinski definition) is 5. The normalized spacial score (nSPS) is 11.1. The van der Waals surface area contributed by atoms with Gasteiger partial charge in [-0.15, -0.1) is 0 Å². The fourth-order valence-electron chi connectivity index (χ4n) is 1.23. The Morgan fingerprint density at radius 1 is 1.47 bits per heavy atom. The molecule has 0 aliphatic carbocycles. The fraction of sp³-hybridized carbons (Fsp3) is 0.182. The average Bonchev–Trinajstić information content (AvgIpc) is 2.37. The molecule has 0 aliphatic heterocycles. The number of rotatable bonds is 5. The van der Waals surface area contributed by atoms with E-state index in [1.807, 2.05) is 6.07 Å². The molecule has 8 nitrogen and oxygen atoms in total. The first-order valence-corrected chi connectivity index (χ1v) is 5.12. The van der Waals surface area contributed by atoms with Gasteiger partial charge >= 0.3 is 5.97 Å². The molecule has 1 aromatic rings. The Labute approximate surface area is 107 Å². The second-order valence-electron chi connectivity index (χ2n) is 3.58. The highest BCUT2D eigenvalue weighted by Gasteiger charge is 2.23. The number of nitrogens with zero attached hydrogens (tertiary/aromatic N) is 2. The molecule has 0 bridgehead atoms. The number of carboxylic acids is 1. The summed E-state index contributed by atoms with van der Waals surface area (Å²) in [6.07, 6.45) is 0.663. The molecule has 1 rings (SSSR count). The van der Waals surface area contributed by atoms with Crippen molar-refractivity contribution in [2.24, 2.45) is 5.73 Å². The predicted octanol–water partition coefficient (Wildman–Crippen LogP) is -0.988. The zero-order valence-electron chi connectivity index (χ0n) is 9.66. The molecule has 0 aliphatic rings. The van der Waals surface area contributed by atoms with Gasteiger partial charge in [0.05, 0.1) is 12.0 Å². The largest absolute Gasteiger partial charge is 0.480 e. The summed E-state index contributed by atoms with van der Waals surface area (Å²) >= 11 is 0. The third-order valence-electron chi connectivity index (χ3n) is 2.13. The molecule has 0 saturated carbocycles. The van der Waals surface area contributed by atoms with E-state index in [1.54, 1.807) is 0 Å². The zero-order valence-corrected chi connectivity index (χ0v) is 9.66. The minimum Gasteiger partial charge on any atom is -0.480 e. The number of nitriles is 1. The second-order valence-corrected chi connectivity index (χ2v) is 3.58. The van der Waals surface area contributed by atoms with E-state index in [0.717, 1.165) is 0 Å². The molecule has 98 valence electrons. The lowest BCUT2D eigenvalue weighted by Gasteiger charge is -2.12. The summed E-state index contributed by atoms with van der Waals surface area (Å²) < 4.78 is 0. The minimum absolute atomic E-state index is 0.0604. The number of primary amides is 1. The number of amides is 2. The van der Waals surface area contributed by atoms with Gasteiger partial charge in [-0.2, -0.15) is 5.26 Å². The van der Waals surface area contributed by atoms with E-state index in [0.29, 0.717) is 0 Å². The number of carboxylic acid groups (broad SMARTS) is 1. The van der Waals surface area contributed by atoms with Crippen LogP contribution in [0.2, 0.25) is 0 Å². The monoisotopic (exact) mass is 262 g/mol. The Bertz CT molecular complexity index is 547. The van der Waals surface area contributed by atoms with Gasteiger partial charge in [-0.05, 0) is 12.1 Å². The van der Waals surface area contributed by atoms with Gasteiger partial charge in [0.25, 0.3) is 5.91 Å². The molecule has 0 saturated heterocycles.